The molecule has 6 nitrogen and oxygen atoms in total. The number of hydrogen-bond donors (Lipinski definition) is 1. The van der Waals surface area contributed by atoms with Gasteiger partial charge in [0.15, 0.2) is 0 Å². The second-order valence-corrected chi connectivity index (χ2v) is 5.59. The third-order valence-electron chi connectivity index (χ3n) is 3.72. The molecule has 0 aliphatic rings. The van der Waals surface area contributed by atoms with Crippen LogP contribution in [0.3, 0.4) is 0 Å². The van der Waals surface area contributed by atoms with E-state index < -0.39 is 0 Å². The Morgan fingerprint density at radius 1 is 1.15 bits per heavy atom. The van der Waals surface area contributed by atoms with Crippen molar-refractivity contribution in [2.24, 2.45) is 0 Å². The Balaban J connectivity index is 1.72. The lowest BCUT2D eigenvalue weighted by molar-refractivity contribution is 0.0526. The number of benzene rings is 2. The van der Waals surface area contributed by atoms with Crippen molar-refractivity contribution in [2.45, 2.75) is 13.5 Å². The highest BCUT2D eigenvalue weighted by Gasteiger charge is 2.08. The number of esters is 1. The van der Waals surface area contributed by atoms with E-state index in [9.17, 15) is 4.79 Å². The molecule has 3 aromatic rings. The molecule has 0 saturated carbocycles. The molecule has 0 spiro atoms. The van der Waals surface area contributed by atoms with Crippen molar-refractivity contribution in [1.82, 2.24) is 4.98 Å². The highest BCUT2D eigenvalue weighted by atomic mass is 16.6. The van der Waals surface area contributed by atoms with E-state index in [1.54, 1.807) is 20.1 Å². The van der Waals surface area contributed by atoms with Gasteiger partial charge in [-0.2, -0.15) is 0 Å². The summed E-state index contributed by atoms with van der Waals surface area (Å²) in [4.78, 5) is 21.0. The number of pyridine rings is 1. The molecule has 0 bridgehead atoms. The molecule has 134 valence electrons. The Kier molecular flexibility index (Phi) is 5.66. The normalized spacial score (nSPS) is 10.5. The van der Waals surface area contributed by atoms with Crippen LogP contribution in [0.4, 0.5) is 5.69 Å². The van der Waals surface area contributed by atoms with Gasteiger partial charge in [-0.15, -0.1) is 0 Å². The fraction of sp³-hybridized carbons (Fsp3) is 0.200. The second kappa shape index (κ2) is 8.31. The molecule has 0 saturated heterocycles. The van der Waals surface area contributed by atoms with Crippen LogP contribution in [-0.4, -0.2) is 24.7 Å². The van der Waals surface area contributed by atoms with E-state index in [1.165, 1.54) is 6.20 Å². The van der Waals surface area contributed by atoms with E-state index in [0.29, 0.717) is 24.5 Å². The minimum Gasteiger partial charge on any atom is -0.489 e. The predicted octanol–water partition coefficient (Wildman–Crippen LogP) is 3.96. The van der Waals surface area contributed by atoms with Crippen LogP contribution >= 0.6 is 0 Å². The van der Waals surface area contributed by atoms with E-state index in [2.05, 4.69) is 10.5 Å². The maximum atomic E-state index is 11.8. The van der Waals surface area contributed by atoms with Crippen molar-refractivity contribution in [3.8, 4) is 5.75 Å². The number of nitrogens with one attached hydrogen (secondary N) is 1. The molecule has 0 atom stereocenters. The van der Waals surface area contributed by atoms with Gasteiger partial charge in [0.25, 0.3) is 0 Å². The highest BCUT2D eigenvalue weighted by Crippen LogP contribution is 2.22. The predicted molar refractivity (Wildman–Crippen MR) is 99.1 cm³/mol. The largest absolute Gasteiger partial charge is 0.489 e. The first-order valence-corrected chi connectivity index (χ1v) is 8.27. The molecule has 6 heteroatoms. The molecule has 0 aliphatic carbocycles. The van der Waals surface area contributed by atoms with Crippen molar-refractivity contribution >= 4 is 22.6 Å². The minimum absolute atomic E-state index is 0.338. The maximum Gasteiger partial charge on any atom is 0.339 e. The van der Waals surface area contributed by atoms with Crippen LogP contribution in [-0.2, 0) is 16.2 Å². The van der Waals surface area contributed by atoms with E-state index in [0.717, 1.165) is 22.2 Å². The van der Waals surface area contributed by atoms with Crippen LogP contribution in [0.5, 0.6) is 5.75 Å². The van der Waals surface area contributed by atoms with Crippen LogP contribution in [0.15, 0.2) is 54.7 Å². The molecular weight excluding hydrogens is 332 g/mol. The van der Waals surface area contributed by atoms with Gasteiger partial charge in [0.2, 0.25) is 0 Å². The molecule has 1 N–H and O–H groups in total. The first-order chi connectivity index (χ1) is 12.7. The lowest BCUT2D eigenvalue weighted by atomic mass is 10.1. The van der Waals surface area contributed by atoms with Crippen molar-refractivity contribution in [1.29, 1.82) is 0 Å². The SMILES string of the molecule is CCOC(=O)c1cnc2cc(OCc3cccc(NOC)c3)ccc2c1. The summed E-state index contributed by atoms with van der Waals surface area (Å²) in [7, 11) is 1.57. The lowest BCUT2D eigenvalue weighted by Gasteiger charge is -2.09. The fourth-order valence-corrected chi connectivity index (χ4v) is 2.53. The van der Waals surface area contributed by atoms with Gasteiger partial charge in [0, 0.05) is 17.6 Å². The van der Waals surface area contributed by atoms with Crippen LogP contribution in [0, 0.1) is 0 Å². The molecule has 0 radical (unpaired) electrons. The number of anilines is 1. The standard InChI is InChI=1S/C20H20N2O4/c1-3-25-20(23)16-10-15-7-8-18(11-19(15)21-12-16)26-13-14-5-4-6-17(9-14)22-24-2/h4-12,22H,3,13H2,1-2H3. The molecule has 0 unspecified atom stereocenters. The molecule has 2 aromatic carbocycles. The summed E-state index contributed by atoms with van der Waals surface area (Å²) in [5, 5.41) is 0.856. The van der Waals surface area contributed by atoms with Crippen LogP contribution in [0.25, 0.3) is 10.9 Å². The zero-order valence-corrected chi connectivity index (χ0v) is 14.7. The van der Waals surface area contributed by atoms with Gasteiger partial charge in [-0.3, -0.25) is 15.3 Å². The van der Waals surface area contributed by atoms with E-state index in [1.807, 2.05) is 42.5 Å². The summed E-state index contributed by atoms with van der Waals surface area (Å²) < 4.78 is 10.8. The summed E-state index contributed by atoms with van der Waals surface area (Å²) >= 11 is 0. The van der Waals surface area contributed by atoms with Gasteiger partial charge < -0.3 is 9.47 Å². The summed E-state index contributed by atoms with van der Waals surface area (Å²) in [5.74, 6) is 0.339. The maximum absolute atomic E-state index is 11.8. The number of carbonyl (C=O) groups is 1. The Morgan fingerprint density at radius 3 is 2.85 bits per heavy atom. The first-order valence-electron chi connectivity index (χ1n) is 8.27. The smallest absolute Gasteiger partial charge is 0.339 e. The second-order valence-electron chi connectivity index (χ2n) is 5.59. The van der Waals surface area contributed by atoms with Gasteiger partial charge in [-0.25, -0.2) is 4.79 Å². The number of fused-ring (bicyclic) bond motifs is 1. The zero-order valence-electron chi connectivity index (χ0n) is 14.7. The Hall–Kier alpha value is -3.12. The van der Waals surface area contributed by atoms with E-state index in [4.69, 9.17) is 14.3 Å². The average molecular weight is 352 g/mol. The molecular formula is C20H20N2O4. The monoisotopic (exact) mass is 352 g/mol. The summed E-state index contributed by atoms with van der Waals surface area (Å²) in [6.07, 6.45) is 1.52. The number of rotatable bonds is 7. The van der Waals surface area contributed by atoms with Crippen LogP contribution < -0.4 is 10.2 Å². The summed E-state index contributed by atoms with van der Waals surface area (Å²) in [5.41, 5.74) is 5.86. The van der Waals surface area contributed by atoms with Crippen molar-refractivity contribution in [3.63, 3.8) is 0 Å². The Bertz CT molecular complexity index is 911. The number of aromatic nitrogens is 1. The molecule has 1 aromatic heterocycles. The van der Waals surface area contributed by atoms with Crippen molar-refractivity contribution in [3.05, 3.63) is 65.9 Å². The third-order valence-corrected chi connectivity index (χ3v) is 3.72. The summed E-state index contributed by atoms with van der Waals surface area (Å²) in [6.45, 7) is 2.54. The lowest BCUT2D eigenvalue weighted by Crippen LogP contribution is -2.05. The topological polar surface area (TPSA) is 69.7 Å². The highest BCUT2D eigenvalue weighted by molar-refractivity contribution is 5.93. The van der Waals surface area contributed by atoms with E-state index >= 15 is 0 Å². The fourth-order valence-electron chi connectivity index (χ4n) is 2.53. The molecule has 0 aliphatic heterocycles. The number of carbonyl (C=O) groups excluding carboxylic acids is 1. The van der Waals surface area contributed by atoms with Gasteiger partial charge >= 0.3 is 5.97 Å². The van der Waals surface area contributed by atoms with Gasteiger partial charge in [0.05, 0.1) is 30.5 Å². The quantitative estimate of drug-likeness (QED) is 0.513. The van der Waals surface area contributed by atoms with Gasteiger partial charge in [0.1, 0.15) is 12.4 Å². The molecule has 0 amide bonds. The Morgan fingerprint density at radius 2 is 2.04 bits per heavy atom. The molecule has 3 rings (SSSR count). The molecule has 1 heterocycles. The van der Waals surface area contributed by atoms with Crippen LogP contribution in [0.2, 0.25) is 0 Å². The van der Waals surface area contributed by atoms with Crippen molar-refractivity contribution < 1.29 is 19.1 Å². The zero-order chi connectivity index (χ0) is 18.4. The van der Waals surface area contributed by atoms with Gasteiger partial charge in [-0.05, 0) is 42.8 Å². The molecule has 26 heavy (non-hydrogen) atoms. The Labute approximate surface area is 151 Å². The molecule has 0 fully saturated rings. The minimum atomic E-state index is -0.369. The number of hydrogen-bond acceptors (Lipinski definition) is 6. The number of ether oxygens (including phenoxy) is 2. The van der Waals surface area contributed by atoms with Crippen molar-refractivity contribution in [2.75, 3.05) is 19.2 Å². The number of nitrogens with zero attached hydrogens (tertiary/aromatic N) is 1. The van der Waals surface area contributed by atoms with Crippen LogP contribution in [0.1, 0.15) is 22.8 Å². The summed E-state index contributed by atoms with van der Waals surface area (Å²) in [6, 6.07) is 15.1. The first kappa shape index (κ1) is 17.7. The average Bonchev–Trinajstić information content (AvgIpc) is 2.66. The van der Waals surface area contributed by atoms with Gasteiger partial charge in [-0.1, -0.05) is 12.1 Å². The van der Waals surface area contributed by atoms with E-state index in [-0.39, 0.29) is 5.97 Å². The third kappa shape index (κ3) is 4.29.